The molecule has 2 amide bonds. The molecule has 34 heavy (non-hydrogen) atoms. The van der Waals surface area contributed by atoms with Gasteiger partial charge in [0, 0.05) is 24.2 Å². The fraction of sp³-hybridized carbons (Fsp3) is 0.333. The molecule has 178 valence electrons. The quantitative estimate of drug-likeness (QED) is 0.538. The first-order valence-electron chi connectivity index (χ1n) is 10.7. The number of nitrogens with zero attached hydrogens (tertiary/aromatic N) is 3. The van der Waals surface area contributed by atoms with Gasteiger partial charge in [0.15, 0.2) is 0 Å². The summed E-state index contributed by atoms with van der Waals surface area (Å²) in [6, 6.07) is 7.38. The molecule has 2 heterocycles. The van der Waals surface area contributed by atoms with Gasteiger partial charge < -0.3 is 5.32 Å². The Balaban J connectivity index is 1.60. The van der Waals surface area contributed by atoms with Crippen molar-refractivity contribution in [2.24, 2.45) is 0 Å². The molecular formula is C24H23F3N4O3. The molecule has 0 bridgehead atoms. The summed E-state index contributed by atoms with van der Waals surface area (Å²) in [6.07, 6.45) is -1.43. The highest BCUT2D eigenvalue weighted by Crippen LogP contribution is 2.44. The lowest BCUT2D eigenvalue weighted by Gasteiger charge is -2.15. The number of nitrogens with one attached hydrogen (secondary N) is 1. The number of aryl methyl sites for hydroxylation is 1. The molecule has 0 spiro atoms. The van der Waals surface area contributed by atoms with Crippen molar-refractivity contribution >= 4 is 22.7 Å². The van der Waals surface area contributed by atoms with Crippen molar-refractivity contribution in [3.8, 4) is 0 Å². The highest BCUT2D eigenvalue weighted by atomic mass is 19.4. The van der Waals surface area contributed by atoms with Crippen molar-refractivity contribution in [1.82, 2.24) is 20.3 Å². The molecule has 2 aromatic heterocycles. The first-order chi connectivity index (χ1) is 16.1. The van der Waals surface area contributed by atoms with Crippen LogP contribution < -0.4 is 5.32 Å². The molecule has 1 N–H and O–H groups in total. The number of carbonyl (C=O) groups is 2. The van der Waals surface area contributed by atoms with E-state index in [1.165, 1.54) is 38.6 Å². The number of halogens is 3. The average molecular weight is 472 g/mol. The van der Waals surface area contributed by atoms with Crippen LogP contribution in [0.3, 0.4) is 0 Å². The summed E-state index contributed by atoms with van der Waals surface area (Å²) >= 11 is 0. The van der Waals surface area contributed by atoms with E-state index < -0.39 is 23.6 Å². The Morgan fingerprint density at radius 2 is 1.94 bits per heavy atom. The van der Waals surface area contributed by atoms with E-state index in [1.807, 2.05) is 0 Å². The predicted octanol–water partition coefficient (Wildman–Crippen LogP) is 4.40. The number of amides is 2. The molecule has 0 unspecified atom stereocenters. The van der Waals surface area contributed by atoms with Gasteiger partial charge in [-0.3, -0.25) is 19.4 Å². The Morgan fingerprint density at radius 3 is 2.59 bits per heavy atom. The van der Waals surface area contributed by atoms with Crippen LogP contribution in [0.25, 0.3) is 10.9 Å². The Morgan fingerprint density at radius 1 is 1.21 bits per heavy atom. The summed E-state index contributed by atoms with van der Waals surface area (Å²) < 4.78 is 41.4. The van der Waals surface area contributed by atoms with Crippen LogP contribution in [-0.2, 0) is 17.6 Å². The number of carbonyl (C=O) groups excluding carboxylic acids is 2. The van der Waals surface area contributed by atoms with Crippen LogP contribution in [0.5, 0.6) is 0 Å². The molecule has 7 nitrogen and oxygen atoms in total. The minimum absolute atomic E-state index is 0.0395. The zero-order valence-electron chi connectivity index (χ0n) is 18.9. The number of aromatic nitrogens is 2. The van der Waals surface area contributed by atoms with Crippen molar-refractivity contribution in [2.75, 3.05) is 14.2 Å². The number of fused-ring (bicyclic) bond motifs is 1. The molecule has 1 fully saturated rings. The third-order valence-corrected chi connectivity index (χ3v) is 5.78. The fourth-order valence-electron chi connectivity index (χ4n) is 3.73. The van der Waals surface area contributed by atoms with Crippen LogP contribution in [0.15, 0.2) is 36.5 Å². The second kappa shape index (κ2) is 9.02. The van der Waals surface area contributed by atoms with E-state index in [0.29, 0.717) is 27.8 Å². The fourth-order valence-corrected chi connectivity index (χ4v) is 3.73. The van der Waals surface area contributed by atoms with Gasteiger partial charge in [-0.2, -0.15) is 13.2 Å². The Bertz CT molecular complexity index is 1270. The zero-order valence-corrected chi connectivity index (χ0v) is 18.9. The van der Waals surface area contributed by atoms with E-state index in [9.17, 15) is 22.8 Å². The minimum atomic E-state index is -4.59. The first kappa shape index (κ1) is 23.6. The van der Waals surface area contributed by atoms with Crippen molar-refractivity contribution in [1.29, 1.82) is 0 Å². The standard InChI is InChI=1S/C24H23F3N4O3/c1-13-8-20(22(32)29-12-17-9-15(6-7-28-17)23(33)31(2)34-3)30-21-18(13)10-16(14-4-5-14)11-19(21)24(25,26)27/h6-11,14H,4-5,12H2,1-3H3,(H,29,32). The smallest absolute Gasteiger partial charge is 0.345 e. The summed E-state index contributed by atoms with van der Waals surface area (Å²) in [5.74, 6) is -0.891. The molecule has 1 aliphatic carbocycles. The summed E-state index contributed by atoms with van der Waals surface area (Å²) in [5, 5.41) is 4.05. The van der Waals surface area contributed by atoms with Gasteiger partial charge >= 0.3 is 6.18 Å². The van der Waals surface area contributed by atoms with Gasteiger partial charge in [0.2, 0.25) is 0 Å². The normalized spacial score (nSPS) is 13.7. The Labute approximate surface area is 193 Å². The summed E-state index contributed by atoms with van der Waals surface area (Å²) in [7, 11) is 2.82. The van der Waals surface area contributed by atoms with Crippen molar-refractivity contribution in [3.05, 3.63) is 70.2 Å². The molecule has 0 radical (unpaired) electrons. The lowest BCUT2D eigenvalue weighted by Crippen LogP contribution is -2.27. The van der Waals surface area contributed by atoms with Gasteiger partial charge in [0.25, 0.3) is 11.8 Å². The molecule has 1 saturated carbocycles. The highest BCUT2D eigenvalue weighted by Gasteiger charge is 2.36. The van der Waals surface area contributed by atoms with Crippen LogP contribution in [0, 0.1) is 6.92 Å². The van der Waals surface area contributed by atoms with E-state index in [4.69, 9.17) is 4.84 Å². The average Bonchev–Trinajstić information content (AvgIpc) is 3.66. The maximum Gasteiger partial charge on any atom is 0.418 e. The van der Waals surface area contributed by atoms with Gasteiger partial charge in [-0.25, -0.2) is 10.0 Å². The largest absolute Gasteiger partial charge is 0.418 e. The SMILES string of the molecule is CON(C)C(=O)c1ccnc(CNC(=O)c2cc(C)c3cc(C4CC4)cc(C(F)(F)F)c3n2)c1. The van der Waals surface area contributed by atoms with Crippen LogP contribution in [-0.4, -0.2) is 41.0 Å². The van der Waals surface area contributed by atoms with Gasteiger partial charge in [-0.15, -0.1) is 0 Å². The lowest BCUT2D eigenvalue weighted by molar-refractivity contribution is -0.136. The van der Waals surface area contributed by atoms with E-state index in [-0.39, 0.29) is 23.7 Å². The molecular weight excluding hydrogens is 449 g/mol. The number of hydroxylamine groups is 2. The van der Waals surface area contributed by atoms with Gasteiger partial charge in [-0.05, 0) is 67.1 Å². The number of benzene rings is 1. The van der Waals surface area contributed by atoms with Crippen LogP contribution in [0.4, 0.5) is 13.2 Å². The third-order valence-electron chi connectivity index (χ3n) is 5.78. The topological polar surface area (TPSA) is 84.4 Å². The highest BCUT2D eigenvalue weighted by molar-refractivity contribution is 5.97. The molecule has 1 aliphatic rings. The van der Waals surface area contributed by atoms with Crippen LogP contribution >= 0.6 is 0 Å². The lowest BCUT2D eigenvalue weighted by atomic mass is 9.98. The van der Waals surface area contributed by atoms with Crippen molar-refractivity contribution in [3.63, 3.8) is 0 Å². The zero-order chi connectivity index (χ0) is 24.6. The summed E-state index contributed by atoms with van der Waals surface area (Å²) in [4.78, 5) is 38.1. The second-order valence-corrected chi connectivity index (χ2v) is 8.26. The van der Waals surface area contributed by atoms with Gasteiger partial charge in [-0.1, -0.05) is 0 Å². The molecule has 10 heteroatoms. The Hall–Kier alpha value is -3.53. The van der Waals surface area contributed by atoms with Gasteiger partial charge in [0.1, 0.15) is 5.69 Å². The Kier molecular flexibility index (Phi) is 6.26. The number of alkyl halides is 3. The third kappa shape index (κ3) is 4.86. The monoisotopic (exact) mass is 472 g/mol. The molecule has 3 aromatic rings. The van der Waals surface area contributed by atoms with E-state index >= 15 is 0 Å². The summed E-state index contributed by atoms with van der Waals surface area (Å²) in [6.45, 7) is 1.63. The number of pyridine rings is 2. The second-order valence-electron chi connectivity index (χ2n) is 8.26. The maximum atomic E-state index is 13.8. The number of hydrogen-bond donors (Lipinski definition) is 1. The molecule has 0 aliphatic heterocycles. The number of hydrogen-bond acceptors (Lipinski definition) is 5. The van der Waals surface area contributed by atoms with Gasteiger partial charge in [0.05, 0.1) is 30.4 Å². The van der Waals surface area contributed by atoms with Crippen LogP contribution in [0.2, 0.25) is 0 Å². The molecule has 0 atom stereocenters. The van der Waals surface area contributed by atoms with Crippen molar-refractivity contribution in [2.45, 2.75) is 38.4 Å². The van der Waals surface area contributed by atoms with E-state index in [0.717, 1.165) is 24.0 Å². The van der Waals surface area contributed by atoms with Crippen LogP contribution in [0.1, 0.15) is 62.0 Å². The summed E-state index contributed by atoms with van der Waals surface area (Å²) in [5.41, 5.74) is 0.699. The number of rotatable bonds is 6. The molecule has 1 aromatic carbocycles. The maximum absolute atomic E-state index is 13.8. The van der Waals surface area contributed by atoms with E-state index in [1.54, 1.807) is 13.0 Å². The molecule has 4 rings (SSSR count). The van der Waals surface area contributed by atoms with E-state index in [2.05, 4.69) is 15.3 Å². The molecule has 0 saturated heterocycles. The predicted molar refractivity (Wildman–Crippen MR) is 118 cm³/mol. The van der Waals surface area contributed by atoms with Crippen molar-refractivity contribution < 1.29 is 27.6 Å². The minimum Gasteiger partial charge on any atom is -0.345 e. The first-order valence-corrected chi connectivity index (χ1v) is 10.7.